The molecule has 0 aliphatic carbocycles. The Bertz CT molecular complexity index is 275. The largest absolute Gasteiger partial charge is 0.316 e. The fourth-order valence-electron chi connectivity index (χ4n) is 1.01. The highest BCUT2D eigenvalue weighted by Crippen LogP contribution is 2.20. The minimum atomic E-state index is -0.0169. The first-order chi connectivity index (χ1) is 5.65. The van der Waals surface area contributed by atoms with Gasteiger partial charge in [-0.3, -0.25) is 0 Å². The van der Waals surface area contributed by atoms with Crippen molar-refractivity contribution in [1.82, 2.24) is 5.48 Å². The maximum Gasteiger partial charge on any atom is 0.0540 e. The van der Waals surface area contributed by atoms with Gasteiger partial charge in [0.25, 0.3) is 0 Å². The van der Waals surface area contributed by atoms with Gasteiger partial charge in [-0.1, -0.05) is 28.1 Å². The highest BCUT2D eigenvalue weighted by atomic mass is 79.9. The van der Waals surface area contributed by atoms with Gasteiger partial charge in [-0.25, -0.2) is 0 Å². The molecule has 0 fully saturated rings. The molecule has 0 heterocycles. The molecule has 0 amide bonds. The van der Waals surface area contributed by atoms with Gasteiger partial charge in [0.1, 0.15) is 0 Å². The third kappa shape index (κ3) is 2.06. The lowest BCUT2D eigenvalue weighted by Gasteiger charge is -2.10. The Hall–Kier alpha value is -0.380. The van der Waals surface area contributed by atoms with Crippen molar-refractivity contribution < 1.29 is 5.21 Å². The summed E-state index contributed by atoms with van der Waals surface area (Å²) in [5.74, 6) is 0. The average Bonchev–Trinajstić information content (AvgIpc) is 2.08. The zero-order chi connectivity index (χ0) is 9.14. The van der Waals surface area contributed by atoms with Crippen molar-refractivity contribution in [2.75, 3.05) is 0 Å². The first-order valence-corrected chi connectivity index (χ1v) is 4.60. The normalized spacial score (nSPS) is 13.0. The summed E-state index contributed by atoms with van der Waals surface area (Å²) in [6.07, 6.45) is 0. The van der Waals surface area contributed by atoms with Gasteiger partial charge in [-0.15, -0.1) is 0 Å². The molecular formula is C9H12BrNO. The summed E-state index contributed by atoms with van der Waals surface area (Å²) in [6.45, 7) is 3.93. The third-order valence-electron chi connectivity index (χ3n) is 1.88. The predicted octanol–water partition coefficient (Wildman–Crippen LogP) is 2.80. The summed E-state index contributed by atoms with van der Waals surface area (Å²) >= 11 is 3.42. The molecule has 2 nitrogen and oxygen atoms in total. The topological polar surface area (TPSA) is 32.3 Å². The molecule has 2 N–H and O–H groups in total. The number of nitrogens with one attached hydrogen (secondary N) is 1. The van der Waals surface area contributed by atoms with Gasteiger partial charge in [0.2, 0.25) is 0 Å². The first-order valence-electron chi connectivity index (χ1n) is 3.81. The number of benzene rings is 1. The van der Waals surface area contributed by atoms with E-state index in [4.69, 9.17) is 5.21 Å². The molecule has 0 aromatic heterocycles. The zero-order valence-electron chi connectivity index (χ0n) is 7.13. The van der Waals surface area contributed by atoms with E-state index >= 15 is 0 Å². The van der Waals surface area contributed by atoms with E-state index in [1.54, 1.807) is 0 Å². The van der Waals surface area contributed by atoms with Crippen molar-refractivity contribution in [3.05, 3.63) is 33.8 Å². The van der Waals surface area contributed by atoms with Crippen LogP contribution in [0.1, 0.15) is 24.1 Å². The summed E-state index contributed by atoms with van der Waals surface area (Å²) in [6, 6.07) is 5.98. The van der Waals surface area contributed by atoms with E-state index < -0.39 is 0 Å². The van der Waals surface area contributed by atoms with Crippen LogP contribution in [0.4, 0.5) is 0 Å². The Balaban J connectivity index is 2.96. The molecule has 0 radical (unpaired) electrons. The fraction of sp³-hybridized carbons (Fsp3) is 0.333. The monoisotopic (exact) mass is 229 g/mol. The Labute approximate surface area is 80.7 Å². The number of rotatable bonds is 2. The summed E-state index contributed by atoms with van der Waals surface area (Å²) in [4.78, 5) is 0. The minimum Gasteiger partial charge on any atom is -0.316 e. The van der Waals surface area contributed by atoms with Gasteiger partial charge in [0.15, 0.2) is 0 Å². The molecule has 0 saturated carbocycles. The predicted molar refractivity (Wildman–Crippen MR) is 52.2 cm³/mol. The minimum absolute atomic E-state index is 0.0169. The molecule has 0 bridgehead atoms. The molecule has 1 rings (SSSR count). The molecular weight excluding hydrogens is 218 g/mol. The van der Waals surface area contributed by atoms with E-state index in [0.717, 1.165) is 10.0 Å². The second-order valence-corrected chi connectivity index (χ2v) is 3.71. The number of hydrogen-bond acceptors (Lipinski definition) is 2. The average molecular weight is 230 g/mol. The smallest absolute Gasteiger partial charge is 0.0540 e. The molecule has 0 unspecified atom stereocenters. The molecule has 3 heteroatoms. The molecule has 0 aliphatic heterocycles. The van der Waals surface area contributed by atoms with Gasteiger partial charge >= 0.3 is 0 Å². The standard InChI is InChI=1S/C9H12BrNO/c1-6-5-8(7(2)11-12)3-4-9(6)10/h3-5,7,11-12H,1-2H3/t7-/m0/s1. The lowest BCUT2D eigenvalue weighted by Crippen LogP contribution is -2.13. The van der Waals surface area contributed by atoms with Crippen LogP contribution in [0.25, 0.3) is 0 Å². The summed E-state index contributed by atoms with van der Waals surface area (Å²) < 4.78 is 1.09. The van der Waals surface area contributed by atoms with E-state index in [-0.39, 0.29) is 6.04 Å². The SMILES string of the molecule is Cc1cc([C@H](C)NO)ccc1Br. The maximum atomic E-state index is 8.69. The number of halogens is 1. The van der Waals surface area contributed by atoms with Gasteiger partial charge in [-0.05, 0) is 31.0 Å². The third-order valence-corrected chi connectivity index (χ3v) is 2.77. The molecule has 0 aliphatic rings. The van der Waals surface area contributed by atoms with Crippen molar-refractivity contribution in [2.24, 2.45) is 0 Å². The molecule has 66 valence electrons. The maximum absolute atomic E-state index is 8.69. The van der Waals surface area contributed by atoms with Crippen molar-refractivity contribution in [3.63, 3.8) is 0 Å². The van der Waals surface area contributed by atoms with Crippen LogP contribution in [0.2, 0.25) is 0 Å². The number of hydrogen-bond donors (Lipinski definition) is 2. The van der Waals surface area contributed by atoms with Gasteiger partial charge in [-0.2, -0.15) is 5.48 Å². The Kier molecular flexibility index (Phi) is 3.26. The van der Waals surface area contributed by atoms with Crippen molar-refractivity contribution in [1.29, 1.82) is 0 Å². The highest BCUT2D eigenvalue weighted by molar-refractivity contribution is 9.10. The van der Waals surface area contributed by atoms with E-state index in [1.807, 2.05) is 32.0 Å². The molecule has 1 aromatic rings. The summed E-state index contributed by atoms with van der Waals surface area (Å²) in [7, 11) is 0. The molecule has 12 heavy (non-hydrogen) atoms. The summed E-state index contributed by atoms with van der Waals surface area (Å²) in [5.41, 5.74) is 4.47. The van der Waals surface area contributed by atoms with Gasteiger partial charge in [0.05, 0.1) is 6.04 Å². The second kappa shape index (κ2) is 4.03. The number of hydroxylamine groups is 1. The van der Waals surface area contributed by atoms with Crippen molar-refractivity contribution in [2.45, 2.75) is 19.9 Å². The molecule has 0 spiro atoms. The fourth-order valence-corrected chi connectivity index (χ4v) is 1.26. The van der Waals surface area contributed by atoms with Crippen LogP contribution >= 0.6 is 15.9 Å². The zero-order valence-corrected chi connectivity index (χ0v) is 8.72. The van der Waals surface area contributed by atoms with E-state index in [2.05, 4.69) is 21.4 Å². The molecule has 1 aromatic carbocycles. The summed E-state index contributed by atoms with van der Waals surface area (Å²) in [5, 5.41) is 8.69. The van der Waals surface area contributed by atoms with Crippen LogP contribution in [0.5, 0.6) is 0 Å². The van der Waals surface area contributed by atoms with E-state index in [1.165, 1.54) is 5.56 Å². The van der Waals surface area contributed by atoms with Crippen LogP contribution in [0.3, 0.4) is 0 Å². The van der Waals surface area contributed by atoms with E-state index in [9.17, 15) is 0 Å². The lowest BCUT2D eigenvalue weighted by atomic mass is 10.1. The number of aryl methyl sites for hydroxylation is 1. The highest BCUT2D eigenvalue weighted by Gasteiger charge is 2.03. The van der Waals surface area contributed by atoms with Gasteiger partial charge in [0, 0.05) is 4.47 Å². The van der Waals surface area contributed by atoms with E-state index in [0.29, 0.717) is 0 Å². The van der Waals surface area contributed by atoms with Crippen LogP contribution < -0.4 is 5.48 Å². The van der Waals surface area contributed by atoms with Crippen LogP contribution in [0.15, 0.2) is 22.7 Å². The Morgan fingerprint density at radius 3 is 2.67 bits per heavy atom. The second-order valence-electron chi connectivity index (χ2n) is 2.86. The quantitative estimate of drug-likeness (QED) is 0.765. The Morgan fingerprint density at radius 1 is 1.50 bits per heavy atom. The first kappa shape index (κ1) is 9.71. The van der Waals surface area contributed by atoms with Crippen molar-refractivity contribution >= 4 is 15.9 Å². The Morgan fingerprint density at radius 2 is 2.17 bits per heavy atom. The molecule has 1 atom stereocenters. The molecule has 0 saturated heterocycles. The van der Waals surface area contributed by atoms with Gasteiger partial charge < -0.3 is 5.21 Å². The van der Waals surface area contributed by atoms with Crippen LogP contribution in [0, 0.1) is 6.92 Å². The van der Waals surface area contributed by atoms with Crippen LogP contribution in [-0.4, -0.2) is 5.21 Å². The lowest BCUT2D eigenvalue weighted by molar-refractivity contribution is 0.133. The van der Waals surface area contributed by atoms with Crippen LogP contribution in [-0.2, 0) is 0 Å². The van der Waals surface area contributed by atoms with Crippen molar-refractivity contribution in [3.8, 4) is 0 Å².